The molecule has 0 N–H and O–H groups in total. The van der Waals surface area contributed by atoms with E-state index in [4.69, 9.17) is 4.74 Å². The maximum absolute atomic E-state index is 11.4. The Bertz CT molecular complexity index is 224. The molecule has 0 aliphatic heterocycles. The highest BCUT2D eigenvalue weighted by Gasteiger charge is 2.09. The van der Waals surface area contributed by atoms with Crippen LogP contribution in [0.15, 0.2) is 0 Å². The van der Waals surface area contributed by atoms with Crippen LogP contribution >= 0.6 is 0 Å². The van der Waals surface area contributed by atoms with Crippen molar-refractivity contribution in [3.05, 3.63) is 0 Å². The van der Waals surface area contributed by atoms with E-state index in [9.17, 15) is 9.59 Å². The third-order valence-corrected chi connectivity index (χ3v) is 2.96. The molecule has 0 rings (SSSR count). The van der Waals surface area contributed by atoms with E-state index in [1.807, 2.05) is 0 Å². The normalized spacial score (nSPS) is 10.3. The van der Waals surface area contributed by atoms with E-state index < -0.39 is 0 Å². The maximum Gasteiger partial charge on any atom is 0.313 e. The van der Waals surface area contributed by atoms with Gasteiger partial charge in [0.15, 0.2) is 0 Å². The van der Waals surface area contributed by atoms with E-state index in [1.54, 1.807) is 6.92 Å². The summed E-state index contributed by atoms with van der Waals surface area (Å²) in [5.41, 5.74) is 0. The number of Topliss-reactive ketones (excluding diaryl/α,β-unsaturated/α-hetero) is 1. The zero-order chi connectivity index (χ0) is 13.6. The lowest BCUT2D eigenvalue weighted by atomic mass is 10.1. The second kappa shape index (κ2) is 12.6. The summed E-state index contributed by atoms with van der Waals surface area (Å²) in [6.45, 7) is 4.32. The average molecular weight is 256 g/mol. The minimum Gasteiger partial charge on any atom is -0.466 e. The number of ether oxygens (including phenoxy) is 1. The molecule has 0 saturated heterocycles. The molecule has 3 nitrogen and oxygen atoms in total. The summed E-state index contributed by atoms with van der Waals surface area (Å²) in [5, 5.41) is 0. The Kier molecular flexibility index (Phi) is 12.0. The van der Waals surface area contributed by atoms with Gasteiger partial charge in [-0.05, 0) is 13.3 Å². The lowest BCUT2D eigenvalue weighted by molar-refractivity contribution is -0.145. The largest absolute Gasteiger partial charge is 0.466 e. The van der Waals surface area contributed by atoms with Crippen molar-refractivity contribution in [2.45, 2.75) is 78.1 Å². The zero-order valence-corrected chi connectivity index (χ0v) is 12.0. The first-order valence-corrected chi connectivity index (χ1v) is 7.38. The highest BCUT2D eigenvalue weighted by Crippen LogP contribution is 2.10. The van der Waals surface area contributed by atoms with Gasteiger partial charge in [-0.25, -0.2) is 0 Å². The Hall–Kier alpha value is -0.860. The highest BCUT2D eigenvalue weighted by molar-refractivity contribution is 5.95. The van der Waals surface area contributed by atoms with E-state index in [0.29, 0.717) is 13.0 Å². The van der Waals surface area contributed by atoms with Crippen LogP contribution in [0.4, 0.5) is 0 Å². The zero-order valence-electron chi connectivity index (χ0n) is 12.0. The smallest absolute Gasteiger partial charge is 0.313 e. The molecule has 0 aliphatic rings. The van der Waals surface area contributed by atoms with Crippen molar-refractivity contribution in [1.82, 2.24) is 0 Å². The average Bonchev–Trinajstić information content (AvgIpc) is 2.32. The maximum atomic E-state index is 11.4. The Balaban J connectivity index is 3.27. The van der Waals surface area contributed by atoms with E-state index in [0.717, 1.165) is 12.8 Å². The minimum atomic E-state index is -0.387. The summed E-state index contributed by atoms with van der Waals surface area (Å²) >= 11 is 0. The lowest BCUT2D eigenvalue weighted by Gasteiger charge is -2.02. The van der Waals surface area contributed by atoms with Crippen molar-refractivity contribution in [2.24, 2.45) is 0 Å². The van der Waals surface area contributed by atoms with Crippen LogP contribution in [0.1, 0.15) is 78.1 Å². The Morgan fingerprint density at radius 3 is 1.94 bits per heavy atom. The SMILES string of the molecule is CCCCCCCCCCC(=O)CC(=O)OCC. The van der Waals surface area contributed by atoms with Gasteiger partial charge in [-0.2, -0.15) is 0 Å². The molecule has 0 atom stereocenters. The summed E-state index contributed by atoms with van der Waals surface area (Å²) in [6, 6.07) is 0. The molecular formula is C15H28O3. The lowest BCUT2D eigenvalue weighted by Crippen LogP contribution is -2.10. The van der Waals surface area contributed by atoms with Crippen LogP contribution in [0.25, 0.3) is 0 Å². The van der Waals surface area contributed by atoms with Crippen molar-refractivity contribution >= 4 is 11.8 Å². The van der Waals surface area contributed by atoms with Crippen molar-refractivity contribution in [1.29, 1.82) is 0 Å². The first-order chi connectivity index (χ1) is 8.70. The van der Waals surface area contributed by atoms with Crippen LogP contribution < -0.4 is 0 Å². The van der Waals surface area contributed by atoms with Crippen LogP contribution in [0.5, 0.6) is 0 Å². The molecule has 0 aliphatic carbocycles. The predicted molar refractivity (Wildman–Crippen MR) is 73.5 cm³/mol. The fourth-order valence-electron chi connectivity index (χ4n) is 1.92. The summed E-state index contributed by atoms with van der Waals surface area (Å²) in [5.74, 6) is -0.374. The number of unbranched alkanes of at least 4 members (excludes halogenated alkanes) is 7. The molecule has 0 aromatic carbocycles. The van der Waals surface area contributed by atoms with Gasteiger partial charge in [-0.1, -0.05) is 51.9 Å². The first-order valence-electron chi connectivity index (χ1n) is 7.38. The van der Waals surface area contributed by atoms with Crippen molar-refractivity contribution < 1.29 is 14.3 Å². The van der Waals surface area contributed by atoms with Gasteiger partial charge in [0.2, 0.25) is 0 Å². The van der Waals surface area contributed by atoms with Crippen LogP contribution in [0.2, 0.25) is 0 Å². The summed E-state index contributed by atoms with van der Waals surface area (Å²) in [7, 11) is 0. The molecule has 0 bridgehead atoms. The molecule has 0 fully saturated rings. The van der Waals surface area contributed by atoms with Gasteiger partial charge in [0.05, 0.1) is 6.61 Å². The van der Waals surface area contributed by atoms with Gasteiger partial charge < -0.3 is 4.74 Å². The van der Waals surface area contributed by atoms with Gasteiger partial charge in [0.25, 0.3) is 0 Å². The van der Waals surface area contributed by atoms with Crippen molar-refractivity contribution in [3.63, 3.8) is 0 Å². The molecule has 106 valence electrons. The standard InChI is InChI=1S/C15H28O3/c1-3-5-6-7-8-9-10-11-12-14(16)13-15(17)18-4-2/h3-13H2,1-2H3. The quantitative estimate of drug-likeness (QED) is 0.301. The molecule has 0 aromatic heterocycles. The number of carbonyl (C=O) groups is 2. The second-order valence-electron chi connectivity index (χ2n) is 4.75. The molecule has 0 aromatic rings. The number of ketones is 1. The molecule has 0 spiro atoms. The van der Waals surface area contributed by atoms with Crippen LogP contribution in [-0.2, 0) is 14.3 Å². The topological polar surface area (TPSA) is 43.4 Å². The third-order valence-electron chi connectivity index (χ3n) is 2.96. The number of esters is 1. The van der Waals surface area contributed by atoms with Crippen molar-refractivity contribution in [3.8, 4) is 0 Å². The molecule has 0 unspecified atom stereocenters. The minimum absolute atomic E-state index is 0.0134. The number of rotatable bonds is 12. The van der Waals surface area contributed by atoms with Gasteiger partial charge in [0, 0.05) is 6.42 Å². The molecule has 0 radical (unpaired) electrons. The molecule has 3 heteroatoms. The van der Waals surface area contributed by atoms with E-state index in [1.165, 1.54) is 38.5 Å². The number of carbonyl (C=O) groups excluding carboxylic acids is 2. The summed E-state index contributed by atoms with van der Waals surface area (Å²) in [6.07, 6.45) is 10.2. The van der Waals surface area contributed by atoms with Crippen LogP contribution in [0, 0.1) is 0 Å². The third kappa shape index (κ3) is 11.6. The van der Waals surface area contributed by atoms with E-state index >= 15 is 0 Å². The van der Waals surface area contributed by atoms with Gasteiger partial charge in [-0.15, -0.1) is 0 Å². The summed E-state index contributed by atoms with van der Waals surface area (Å²) < 4.78 is 4.74. The Morgan fingerprint density at radius 2 is 1.39 bits per heavy atom. The van der Waals surface area contributed by atoms with Crippen LogP contribution in [0.3, 0.4) is 0 Å². The fraction of sp³-hybridized carbons (Fsp3) is 0.867. The Labute approximate surface area is 111 Å². The molecular weight excluding hydrogens is 228 g/mol. The molecule has 18 heavy (non-hydrogen) atoms. The molecule has 0 saturated carbocycles. The first kappa shape index (κ1) is 17.1. The fourth-order valence-corrected chi connectivity index (χ4v) is 1.92. The monoisotopic (exact) mass is 256 g/mol. The summed E-state index contributed by atoms with van der Waals surface area (Å²) in [4.78, 5) is 22.4. The van der Waals surface area contributed by atoms with E-state index in [-0.39, 0.29) is 18.2 Å². The van der Waals surface area contributed by atoms with Gasteiger partial charge >= 0.3 is 5.97 Å². The number of hydrogen-bond acceptors (Lipinski definition) is 3. The molecule has 0 heterocycles. The van der Waals surface area contributed by atoms with Crippen molar-refractivity contribution in [2.75, 3.05) is 6.61 Å². The van der Waals surface area contributed by atoms with Crippen LogP contribution in [-0.4, -0.2) is 18.4 Å². The van der Waals surface area contributed by atoms with Gasteiger partial charge in [-0.3, -0.25) is 9.59 Å². The highest BCUT2D eigenvalue weighted by atomic mass is 16.5. The number of hydrogen-bond donors (Lipinski definition) is 0. The van der Waals surface area contributed by atoms with E-state index in [2.05, 4.69) is 6.92 Å². The van der Waals surface area contributed by atoms with Gasteiger partial charge in [0.1, 0.15) is 12.2 Å². The Morgan fingerprint density at radius 1 is 0.833 bits per heavy atom. The predicted octanol–water partition coefficient (Wildman–Crippen LogP) is 4.04. The second-order valence-corrected chi connectivity index (χ2v) is 4.75. The molecule has 0 amide bonds.